The lowest BCUT2D eigenvalue weighted by Gasteiger charge is -2.61. The molecule has 0 spiro atoms. The van der Waals surface area contributed by atoms with E-state index in [1.807, 2.05) is 31.3 Å². The average Bonchev–Trinajstić information content (AvgIpc) is 3.07. The Kier molecular flexibility index (Phi) is 4.65. The van der Waals surface area contributed by atoms with Crippen LogP contribution in [0.4, 0.5) is 0 Å². The van der Waals surface area contributed by atoms with Gasteiger partial charge in [0.1, 0.15) is 11.9 Å². The van der Waals surface area contributed by atoms with Crippen LogP contribution in [-0.4, -0.2) is 30.0 Å². The highest BCUT2D eigenvalue weighted by atomic mass is 16.5. The molecule has 3 aliphatic carbocycles. The van der Waals surface area contributed by atoms with Gasteiger partial charge < -0.3 is 9.64 Å². The molecule has 1 saturated heterocycles. The normalized spacial score (nSPS) is 42.7. The Morgan fingerprint density at radius 1 is 1.07 bits per heavy atom. The van der Waals surface area contributed by atoms with Crippen molar-refractivity contribution in [1.82, 2.24) is 4.90 Å². The van der Waals surface area contributed by atoms with Crippen LogP contribution in [0.25, 0.3) is 0 Å². The second kappa shape index (κ2) is 7.01. The van der Waals surface area contributed by atoms with Crippen molar-refractivity contribution >= 4 is 5.91 Å². The highest BCUT2D eigenvalue weighted by molar-refractivity contribution is 5.77. The number of hydrogen-bond donors (Lipinski definition) is 0. The van der Waals surface area contributed by atoms with Crippen LogP contribution in [0.5, 0.6) is 5.75 Å². The van der Waals surface area contributed by atoms with E-state index in [-0.39, 0.29) is 16.9 Å². The minimum Gasteiger partial charge on any atom is -0.490 e. The fourth-order valence-corrected chi connectivity index (χ4v) is 8.10. The molecule has 30 heavy (non-hydrogen) atoms. The van der Waals surface area contributed by atoms with Crippen molar-refractivity contribution in [2.45, 2.75) is 77.4 Å². The van der Waals surface area contributed by atoms with Crippen LogP contribution in [-0.2, 0) is 4.79 Å². The predicted molar refractivity (Wildman–Crippen MR) is 116 cm³/mol. The quantitative estimate of drug-likeness (QED) is 0.681. The molecule has 0 aromatic heterocycles. The summed E-state index contributed by atoms with van der Waals surface area (Å²) in [6.07, 6.45) is 9.24. The van der Waals surface area contributed by atoms with Gasteiger partial charge in [-0.05, 0) is 86.3 Å². The van der Waals surface area contributed by atoms with Crippen molar-refractivity contribution in [1.29, 1.82) is 5.26 Å². The van der Waals surface area contributed by atoms with Crippen molar-refractivity contribution in [2.24, 2.45) is 28.6 Å². The third-order valence-corrected chi connectivity index (χ3v) is 9.71. The fraction of sp³-hybridized carbons (Fsp3) is 0.692. The molecular weight excluding hydrogens is 372 g/mol. The zero-order valence-electron chi connectivity index (χ0n) is 18.6. The Morgan fingerprint density at radius 3 is 2.67 bits per heavy atom. The number of nitriles is 1. The molecule has 4 fully saturated rings. The monoisotopic (exact) mass is 406 g/mol. The van der Waals surface area contributed by atoms with Gasteiger partial charge in [-0.2, -0.15) is 5.26 Å². The van der Waals surface area contributed by atoms with Crippen LogP contribution in [0.1, 0.15) is 70.8 Å². The van der Waals surface area contributed by atoms with Gasteiger partial charge in [0.05, 0.1) is 11.6 Å². The first-order valence-corrected chi connectivity index (χ1v) is 11.8. The first kappa shape index (κ1) is 19.9. The molecule has 160 valence electrons. The van der Waals surface area contributed by atoms with E-state index < -0.39 is 0 Å². The van der Waals surface area contributed by atoms with Crippen molar-refractivity contribution in [2.75, 3.05) is 7.05 Å². The van der Waals surface area contributed by atoms with Gasteiger partial charge in [-0.15, -0.1) is 0 Å². The van der Waals surface area contributed by atoms with Gasteiger partial charge in [0.25, 0.3) is 0 Å². The minimum absolute atomic E-state index is 0.212. The number of carbonyl (C=O) groups is 1. The Bertz CT molecular complexity index is 891. The maximum atomic E-state index is 12.3. The topological polar surface area (TPSA) is 53.3 Å². The van der Waals surface area contributed by atoms with Gasteiger partial charge >= 0.3 is 0 Å². The highest BCUT2D eigenvalue weighted by Crippen LogP contribution is 2.65. The summed E-state index contributed by atoms with van der Waals surface area (Å²) in [4.78, 5) is 14.4. The molecule has 0 N–H and O–H groups in total. The van der Waals surface area contributed by atoms with Crippen LogP contribution in [0, 0.1) is 39.9 Å². The molecule has 3 saturated carbocycles. The summed E-state index contributed by atoms with van der Waals surface area (Å²) in [7, 11) is 2.03. The third-order valence-electron chi connectivity index (χ3n) is 9.71. The van der Waals surface area contributed by atoms with Gasteiger partial charge in [-0.1, -0.05) is 19.9 Å². The lowest BCUT2D eigenvalue weighted by atomic mass is 9.47. The third kappa shape index (κ3) is 2.81. The number of ether oxygens (including phenoxy) is 1. The molecule has 1 amide bonds. The summed E-state index contributed by atoms with van der Waals surface area (Å²) >= 11 is 0. The van der Waals surface area contributed by atoms with Crippen LogP contribution in [0.3, 0.4) is 0 Å². The summed E-state index contributed by atoms with van der Waals surface area (Å²) in [6.45, 7) is 4.95. The van der Waals surface area contributed by atoms with Crippen LogP contribution in [0.2, 0.25) is 0 Å². The smallest absolute Gasteiger partial charge is 0.222 e. The van der Waals surface area contributed by atoms with E-state index in [9.17, 15) is 10.1 Å². The Balaban J connectivity index is 1.38. The molecule has 1 aromatic rings. The molecule has 2 unspecified atom stereocenters. The predicted octanol–water partition coefficient (Wildman–Crippen LogP) is 5.17. The highest BCUT2D eigenvalue weighted by Gasteiger charge is 2.61. The van der Waals surface area contributed by atoms with Crippen LogP contribution >= 0.6 is 0 Å². The number of fused-ring (bicyclic) bond motifs is 5. The zero-order valence-corrected chi connectivity index (χ0v) is 18.6. The second-order valence-electron chi connectivity index (χ2n) is 10.8. The number of rotatable bonds is 2. The molecule has 4 heteroatoms. The number of benzene rings is 1. The fourth-order valence-electron chi connectivity index (χ4n) is 8.10. The van der Waals surface area contributed by atoms with E-state index in [4.69, 9.17) is 4.74 Å². The minimum atomic E-state index is 0.212. The Morgan fingerprint density at radius 2 is 1.87 bits per heavy atom. The second-order valence-corrected chi connectivity index (χ2v) is 10.8. The summed E-state index contributed by atoms with van der Waals surface area (Å²) in [5.74, 6) is 3.37. The maximum Gasteiger partial charge on any atom is 0.222 e. The van der Waals surface area contributed by atoms with Crippen molar-refractivity contribution in [3.8, 4) is 11.8 Å². The van der Waals surface area contributed by atoms with E-state index in [1.54, 1.807) is 0 Å². The SMILES string of the molecule is CN1C(=O)CC[C@@]2(C)C1CC[C@@H]1[C@H]2CC[C@]2(C)C(Oc3cccc(C#N)c3)CC[C@@H]12. The van der Waals surface area contributed by atoms with Crippen LogP contribution in [0.15, 0.2) is 24.3 Å². The molecule has 1 heterocycles. The standard InChI is InChI=1S/C26H34N2O2/c1-25-14-12-24(29)28(3)22(25)9-7-19-20-8-10-23(26(20,2)13-11-21(19)25)30-18-6-4-5-17(15-18)16-27/h4-6,15,19-23H,7-14H2,1-3H3/t19-,20-,21+,22?,23?,25+,26-/m0/s1. The van der Waals surface area contributed by atoms with E-state index in [1.165, 1.54) is 25.7 Å². The molecule has 0 bridgehead atoms. The summed E-state index contributed by atoms with van der Waals surface area (Å²) in [6, 6.07) is 10.3. The molecule has 1 aromatic carbocycles. The van der Waals surface area contributed by atoms with Crippen LogP contribution < -0.4 is 4.74 Å². The van der Waals surface area contributed by atoms with E-state index >= 15 is 0 Å². The van der Waals surface area contributed by atoms with Gasteiger partial charge in [0.15, 0.2) is 0 Å². The molecule has 0 radical (unpaired) electrons. The van der Waals surface area contributed by atoms with Gasteiger partial charge in [0, 0.05) is 24.9 Å². The summed E-state index contributed by atoms with van der Waals surface area (Å²) in [5, 5.41) is 9.21. The van der Waals surface area contributed by atoms with E-state index in [0.29, 0.717) is 23.4 Å². The molecule has 4 aliphatic rings. The van der Waals surface area contributed by atoms with Gasteiger partial charge in [-0.25, -0.2) is 0 Å². The van der Waals surface area contributed by atoms with Crippen molar-refractivity contribution < 1.29 is 9.53 Å². The maximum absolute atomic E-state index is 12.3. The van der Waals surface area contributed by atoms with Crippen molar-refractivity contribution in [3.63, 3.8) is 0 Å². The molecule has 7 atom stereocenters. The number of hydrogen-bond acceptors (Lipinski definition) is 3. The molecule has 4 nitrogen and oxygen atoms in total. The first-order valence-electron chi connectivity index (χ1n) is 11.8. The number of carbonyl (C=O) groups excluding carboxylic acids is 1. The molecule has 1 aliphatic heterocycles. The average molecular weight is 407 g/mol. The number of likely N-dealkylation sites (tertiary alicyclic amines) is 1. The van der Waals surface area contributed by atoms with Gasteiger partial charge in [-0.3, -0.25) is 4.79 Å². The Labute approximate surface area is 180 Å². The zero-order chi connectivity index (χ0) is 21.1. The summed E-state index contributed by atoms with van der Waals surface area (Å²) in [5.41, 5.74) is 1.15. The molecule has 5 rings (SSSR count). The number of piperidine rings is 1. The summed E-state index contributed by atoms with van der Waals surface area (Å²) < 4.78 is 6.53. The number of amides is 1. The first-order chi connectivity index (χ1) is 14.4. The molecular formula is C26H34N2O2. The number of nitrogens with zero attached hydrogens (tertiary/aromatic N) is 2. The largest absolute Gasteiger partial charge is 0.490 e. The lowest BCUT2D eigenvalue weighted by Crippen LogP contribution is -2.61. The van der Waals surface area contributed by atoms with E-state index in [0.717, 1.165) is 43.3 Å². The van der Waals surface area contributed by atoms with Gasteiger partial charge in [0.2, 0.25) is 5.91 Å². The lowest BCUT2D eigenvalue weighted by molar-refractivity contribution is -0.159. The van der Waals surface area contributed by atoms with E-state index in [2.05, 4.69) is 24.8 Å². The van der Waals surface area contributed by atoms with Crippen molar-refractivity contribution in [3.05, 3.63) is 29.8 Å². The Hall–Kier alpha value is -2.02.